The van der Waals surface area contributed by atoms with E-state index in [4.69, 9.17) is 10.9 Å². The Labute approximate surface area is 84.9 Å². The monoisotopic (exact) mass is 200 g/mol. The summed E-state index contributed by atoms with van der Waals surface area (Å²) >= 11 is 0. The first-order chi connectivity index (χ1) is 6.83. The van der Waals surface area contributed by atoms with Crippen LogP contribution in [0.3, 0.4) is 0 Å². The molecule has 1 heterocycles. The molecule has 4 N–H and O–H groups in total. The Morgan fingerprint density at radius 1 is 1.36 bits per heavy atom. The highest BCUT2D eigenvalue weighted by molar-refractivity contribution is 5.79. The molecule has 5 heteroatoms. The predicted octanol–water partition coefficient (Wildman–Crippen LogP) is 0.503. The van der Waals surface area contributed by atoms with Crippen LogP contribution in [0, 0.1) is 0 Å². The summed E-state index contributed by atoms with van der Waals surface area (Å²) in [5.41, 5.74) is 8.69. The molecular weight excluding hydrogens is 180 g/mol. The molecule has 0 aromatic carbocycles. The second kappa shape index (κ2) is 6.62. The van der Waals surface area contributed by atoms with Crippen molar-refractivity contribution in [3.63, 3.8) is 0 Å². The van der Waals surface area contributed by atoms with Gasteiger partial charge in [0.05, 0.1) is 0 Å². The van der Waals surface area contributed by atoms with E-state index in [0.717, 1.165) is 26.1 Å². The molecule has 0 spiro atoms. The Bertz CT molecular complexity index is 178. The highest BCUT2D eigenvalue weighted by Gasteiger charge is 2.08. The second-order valence-electron chi connectivity index (χ2n) is 3.65. The van der Waals surface area contributed by atoms with Crippen molar-refractivity contribution in [1.29, 1.82) is 0 Å². The van der Waals surface area contributed by atoms with Crippen molar-refractivity contribution in [3.8, 4) is 0 Å². The van der Waals surface area contributed by atoms with Crippen LogP contribution in [0.15, 0.2) is 5.16 Å². The average molecular weight is 200 g/mol. The summed E-state index contributed by atoms with van der Waals surface area (Å²) in [6, 6.07) is 0. The number of oxime groups is 1. The molecule has 0 amide bonds. The van der Waals surface area contributed by atoms with E-state index in [1.54, 1.807) is 0 Å². The van der Waals surface area contributed by atoms with Gasteiger partial charge >= 0.3 is 0 Å². The van der Waals surface area contributed by atoms with E-state index in [2.05, 4.69) is 15.6 Å². The van der Waals surface area contributed by atoms with Gasteiger partial charge in [-0.15, -0.1) is 0 Å². The van der Waals surface area contributed by atoms with Crippen molar-refractivity contribution >= 4 is 5.84 Å². The van der Waals surface area contributed by atoms with Crippen molar-refractivity contribution in [1.82, 2.24) is 10.4 Å². The second-order valence-corrected chi connectivity index (χ2v) is 3.65. The van der Waals surface area contributed by atoms with Crippen LogP contribution < -0.4 is 11.2 Å². The fourth-order valence-corrected chi connectivity index (χ4v) is 1.61. The van der Waals surface area contributed by atoms with Gasteiger partial charge in [0.15, 0.2) is 0 Å². The zero-order valence-electron chi connectivity index (χ0n) is 8.58. The average Bonchev–Trinajstić information content (AvgIpc) is 2.25. The van der Waals surface area contributed by atoms with Crippen LogP contribution in [0.1, 0.15) is 32.1 Å². The van der Waals surface area contributed by atoms with Gasteiger partial charge in [0, 0.05) is 26.1 Å². The van der Waals surface area contributed by atoms with Gasteiger partial charge < -0.3 is 10.9 Å². The molecule has 0 radical (unpaired) electrons. The Morgan fingerprint density at radius 3 is 2.71 bits per heavy atom. The van der Waals surface area contributed by atoms with E-state index >= 15 is 0 Å². The van der Waals surface area contributed by atoms with Gasteiger partial charge in [-0.1, -0.05) is 11.6 Å². The maximum atomic E-state index is 8.31. The maximum Gasteiger partial charge on any atom is 0.139 e. The lowest BCUT2D eigenvalue weighted by Gasteiger charge is -2.27. The van der Waals surface area contributed by atoms with Gasteiger partial charge in [0.1, 0.15) is 5.84 Å². The first kappa shape index (κ1) is 11.3. The molecule has 1 aliphatic rings. The van der Waals surface area contributed by atoms with E-state index in [1.807, 2.05) is 0 Å². The number of nitrogens with zero attached hydrogens (tertiary/aromatic N) is 2. The van der Waals surface area contributed by atoms with Crippen LogP contribution in [0.2, 0.25) is 0 Å². The van der Waals surface area contributed by atoms with Gasteiger partial charge in [0.25, 0.3) is 0 Å². The highest BCUT2D eigenvalue weighted by atomic mass is 16.4. The van der Waals surface area contributed by atoms with Crippen LogP contribution in [0.25, 0.3) is 0 Å². The Balaban J connectivity index is 1.97. The van der Waals surface area contributed by atoms with E-state index in [1.165, 1.54) is 19.3 Å². The lowest BCUT2D eigenvalue weighted by Crippen LogP contribution is -2.42. The number of amidine groups is 1. The Kier molecular flexibility index (Phi) is 5.32. The summed E-state index contributed by atoms with van der Waals surface area (Å²) in [7, 11) is 0. The van der Waals surface area contributed by atoms with Crippen molar-refractivity contribution in [2.45, 2.75) is 32.1 Å². The van der Waals surface area contributed by atoms with Crippen LogP contribution in [-0.4, -0.2) is 35.7 Å². The lowest BCUT2D eigenvalue weighted by atomic mass is 10.2. The molecule has 0 bridgehead atoms. The van der Waals surface area contributed by atoms with Gasteiger partial charge in [-0.05, 0) is 19.3 Å². The standard InChI is InChI=1S/C9H20N4O/c10-9(12-14)5-4-6-11-13-7-2-1-3-8-13/h11,14H,1-8H2,(H2,10,12). The summed E-state index contributed by atoms with van der Waals surface area (Å²) in [5.74, 6) is 0.311. The SMILES string of the molecule is NC(CCCNN1CCCCC1)=NO. The van der Waals surface area contributed by atoms with Crippen molar-refractivity contribution in [2.24, 2.45) is 10.9 Å². The van der Waals surface area contributed by atoms with Crippen LogP contribution >= 0.6 is 0 Å². The van der Waals surface area contributed by atoms with Gasteiger partial charge in [0.2, 0.25) is 0 Å². The predicted molar refractivity (Wildman–Crippen MR) is 56.1 cm³/mol. The minimum absolute atomic E-state index is 0.311. The van der Waals surface area contributed by atoms with Gasteiger partial charge in [-0.25, -0.2) is 5.01 Å². The molecular formula is C9H20N4O. The number of nitrogens with two attached hydrogens (primary N) is 1. The molecule has 0 unspecified atom stereocenters. The van der Waals surface area contributed by atoms with E-state index in [9.17, 15) is 0 Å². The molecule has 1 fully saturated rings. The zero-order valence-corrected chi connectivity index (χ0v) is 8.58. The maximum absolute atomic E-state index is 8.31. The molecule has 5 nitrogen and oxygen atoms in total. The number of piperidine rings is 1. The van der Waals surface area contributed by atoms with Crippen LogP contribution in [0.4, 0.5) is 0 Å². The molecule has 0 aromatic heterocycles. The lowest BCUT2D eigenvalue weighted by molar-refractivity contribution is 0.154. The third-order valence-electron chi connectivity index (χ3n) is 2.43. The fraction of sp³-hybridized carbons (Fsp3) is 0.889. The first-order valence-electron chi connectivity index (χ1n) is 5.28. The largest absolute Gasteiger partial charge is 0.409 e. The van der Waals surface area contributed by atoms with Crippen molar-refractivity contribution in [2.75, 3.05) is 19.6 Å². The van der Waals surface area contributed by atoms with Crippen LogP contribution in [0.5, 0.6) is 0 Å². The van der Waals surface area contributed by atoms with E-state index in [0.29, 0.717) is 12.3 Å². The Hall–Kier alpha value is -0.810. The fourth-order valence-electron chi connectivity index (χ4n) is 1.61. The molecule has 14 heavy (non-hydrogen) atoms. The molecule has 0 aliphatic carbocycles. The number of hydrogen-bond acceptors (Lipinski definition) is 4. The topological polar surface area (TPSA) is 73.9 Å². The number of hydrazine groups is 1. The number of hydrogen-bond donors (Lipinski definition) is 3. The van der Waals surface area contributed by atoms with E-state index in [-0.39, 0.29) is 0 Å². The first-order valence-corrected chi connectivity index (χ1v) is 5.28. The quantitative estimate of drug-likeness (QED) is 0.199. The smallest absolute Gasteiger partial charge is 0.139 e. The number of rotatable bonds is 5. The van der Waals surface area contributed by atoms with E-state index < -0.39 is 0 Å². The molecule has 1 saturated heterocycles. The highest BCUT2D eigenvalue weighted by Crippen LogP contribution is 2.05. The third-order valence-corrected chi connectivity index (χ3v) is 2.43. The summed E-state index contributed by atoms with van der Waals surface area (Å²) in [5, 5.41) is 13.5. The van der Waals surface area contributed by atoms with Crippen molar-refractivity contribution in [3.05, 3.63) is 0 Å². The minimum Gasteiger partial charge on any atom is -0.409 e. The minimum atomic E-state index is 0.311. The molecule has 82 valence electrons. The summed E-state index contributed by atoms with van der Waals surface area (Å²) in [6.07, 6.45) is 5.48. The summed E-state index contributed by atoms with van der Waals surface area (Å²) < 4.78 is 0. The molecule has 0 atom stereocenters. The van der Waals surface area contributed by atoms with Crippen molar-refractivity contribution < 1.29 is 5.21 Å². The number of nitrogens with one attached hydrogen (secondary N) is 1. The molecule has 1 rings (SSSR count). The van der Waals surface area contributed by atoms with Gasteiger partial charge in [-0.2, -0.15) is 0 Å². The zero-order chi connectivity index (χ0) is 10.2. The van der Waals surface area contributed by atoms with Gasteiger partial charge in [-0.3, -0.25) is 5.43 Å². The molecule has 0 aromatic rings. The molecule has 0 saturated carbocycles. The van der Waals surface area contributed by atoms with Crippen LogP contribution in [-0.2, 0) is 0 Å². The molecule has 1 aliphatic heterocycles. The Morgan fingerprint density at radius 2 is 2.07 bits per heavy atom. The normalized spacial score (nSPS) is 19.9. The summed E-state index contributed by atoms with van der Waals surface area (Å²) in [6.45, 7) is 3.18. The third kappa shape index (κ3) is 4.43. The summed E-state index contributed by atoms with van der Waals surface area (Å²) in [4.78, 5) is 0.